The SMILES string of the molecule is CSc1nccc(-c2oc(CN3CCCCC3)cc2-c2ccc3c(c2)CCC3=O)n1. The highest BCUT2D eigenvalue weighted by atomic mass is 32.2. The van der Waals surface area contributed by atoms with Gasteiger partial charge in [-0.3, -0.25) is 9.69 Å². The summed E-state index contributed by atoms with van der Waals surface area (Å²) >= 11 is 1.52. The van der Waals surface area contributed by atoms with Crippen molar-refractivity contribution in [3.8, 4) is 22.6 Å². The van der Waals surface area contributed by atoms with Crippen LogP contribution < -0.4 is 0 Å². The summed E-state index contributed by atoms with van der Waals surface area (Å²) in [4.78, 5) is 23.5. The number of benzene rings is 1. The number of carbonyl (C=O) groups excluding carboxylic acids is 1. The molecule has 0 amide bonds. The number of Topliss-reactive ketones (excluding diaryl/α,β-unsaturated/α-hetero) is 1. The number of piperidine rings is 1. The molecule has 30 heavy (non-hydrogen) atoms. The van der Waals surface area contributed by atoms with E-state index in [1.165, 1.54) is 31.0 Å². The average Bonchev–Trinajstić information content (AvgIpc) is 3.38. The van der Waals surface area contributed by atoms with Crippen LogP contribution in [-0.2, 0) is 13.0 Å². The number of likely N-dealkylation sites (tertiary alicyclic amines) is 1. The van der Waals surface area contributed by atoms with Crippen molar-refractivity contribution < 1.29 is 9.21 Å². The lowest BCUT2D eigenvalue weighted by Crippen LogP contribution is -2.28. The maximum atomic E-state index is 12.1. The van der Waals surface area contributed by atoms with Crippen molar-refractivity contribution in [1.82, 2.24) is 14.9 Å². The molecular formula is C24H25N3O2S. The van der Waals surface area contributed by atoms with Crippen molar-refractivity contribution in [2.24, 2.45) is 0 Å². The normalized spacial score (nSPS) is 16.8. The second-order valence-electron chi connectivity index (χ2n) is 8.02. The highest BCUT2D eigenvalue weighted by Crippen LogP contribution is 2.37. The molecule has 3 heterocycles. The molecule has 2 aliphatic rings. The van der Waals surface area contributed by atoms with Crippen LogP contribution in [0.1, 0.15) is 47.4 Å². The largest absolute Gasteiger partial charge is 0.457 e. The van der Waals surface area contributed by atoms with E-state index in [2.05, 4.69) is 27.0 Å². The van der Waals surface area contributed by atoms with Crippen LogP contribution in [-0.4, -0.2) is 40.0 Å². The Morgan fingerprint density at radius 3 is 2.77 bits per heavy atom. The first kappa shape index (κ1) is 19.5. The molecule has 1 aliphatic heterocycles. The molecule has 2 aromatic heterocycles. The van der Waals surface area contributed by atoms with E-state index in [1.54, 1.807) is 6.20 Å². The number of nitrogens with zero attached hydrogens (tertiary/aromatic N) is 3. The lowest BCUT2D eigenvalue weighted by Gasteiger charge is -2.25. The van der Waals surface area contributed by atoms with Gasteiger partial charge in [0.15, 0.2) is 16.7 Å². The smallest absolute Gasteiger partial charge is 0.187 e. The van der Waals surface area contributed by atoms with Gasteiger partial charge in [0.05, 0.1) is 6.54 Å². The lowest BCUT2D eigenvalue weighted by molar-refractivity contribution is 0.0994. The van der Waals surface area contributed by atoms with Crippen molar-refractivity contribution in [2.75, 3.05) is 19.3 Å². The fraction of sp³-hybridized carbons (Fsp3) is 0.375. The van der Waals surface area contributed by atoms with E-state index < -0.39 is 0 Å². The Hall–Kier alpha value is -2.44. The number of rotatable bonds is 5. The van der Waals surface area contributed by atoms with Crippen molar-refractivity contribution in [2.45, 2.75) is 43.8 Å². The minimum atomic E-state index is 0.246. The third-order valence-corrected chi connectivity index (χ3v) is 6.56. The zero-order valence-electron chi connectivity index (χ0n) is 17.2. The summed E-state index contributed by atoms with van der Waals surface area (Å²) < 4.78 is 6.39. The van der Waals surface area contributed by atoms with Gasteiger partial charge in [-0.2, -0.15) is 0 Å². The van der Waals surface area contributed by atoms with E-state index in [0.29, 0.717) is 6.42 Å². The van der Waals surface area contributed by atoms with Gasteiger partial charge in [0.2, 0.25) is 0 Å². The van der Waals surface area contributed by atoms with E-state index in [1.807, 2.05) is 24.5 Å². The fourth-order valence-corrected chi connectivity index (χ4v) is 4.81. The molecule has 6 heteroatoms. The van der Waals surface area contributed by atoms with Crippen LogP contribution in [0.4, 0.5) is 0 Å². The van der Waals surface area contributed by atoms with Crippen LogP contribution in [0.2, 0.25) is 0 Å². The predicted molar refractivity (Wildman–Crippen MR) is 119 cm³/mol. The van der Waals surface area contributed by atoms with E-state index in [4.69, 9.17) is 4.42 Å². The van der Waals surface area contributed by atoms with E-state index in [0.717, 1.165) is 70.7 Å². The number of aromatic nitrogens is 2. The number of thioether (sulfide) groups is 1. The molecule has 1 aromatic carbocycles. The molecule has 1 saturated heterocycles. The van der Waals surface area contributed by atoms with E-state index >= 15 is 0 Å². The summed E-state index contributed by atoms with van der Waals surface area (Å²) in [5.41, 5.74) is 4.91. The molecular weight excluding hydrogens is 394 g/mol. The van der Waals surface area contributed by atoms with Gasteiger partial charge in [-0.1, -0.05) is 36.4 Å². The molecule has 1 fully saturated rings. The van der Waals surface area contributed by atoms with Crippen LogP contribution >= 0.6 is 11.8 Å². The standard InChI is InChI=1S/C24H25N3O2S/c1-30-24-25-10-9-21(26-24)23-20(14-18(29-23)15-27-11-3-2-4-12-27)17-5-7-19-16(13-17)6-8-22(19)28/h5,7,9-10,13-14H,2-4,6,8,11-12,15H2,1H3. The summed E-state index contributed by atoms with van der Waals surface area (Å²) in [6, 6.07) is 10.2. The van der Waals surface area contributed by atoms with Crippen LogP contribution in [0.3, 0.4) is 0 Å². The van der Waals surface area contributed by atoms with Crippen molar-refractivity contribution >= 4 is 17.5 Å². The molecule has 154 valence electrons. The van der Waals surface area contributed by atoms with Gasteiger partial charge in [0, 0.05) is 23.7 Å². The molecule has 1 aliphatic carbocycles. The Morgan fingerprint density at radius 2 is 1.93 bits per heavy atom. The Labute approximate surface area is 180 Å². The molecule has 3 aromatic rings. The summed E-state index contributed by atoms with van der Waals surface area (Å²) in [5, 5.41) is 0.729. The first-order valence-electron chi connectivity index (χ1n) is 10.6. The number of aryl methyl sites for hydroxylation is 1. The van der Waals surface area contributed by atoms with Gasteiger partial charge in [0.1, 0.15) is 11.5 Å². The van der Waals surface area contributed by atoms with Gasteiger partial charge in [-0.15, -0.1) is 0 Å². The minimum Gasteiger partial charge on any atom is -0.457 e. The first-order valence-corrected chi connectivity index (χ1v) is 11.8. The molecule has 0 unspecified atom stereocenters. The summed E-state index contributed by atoms with van der Waals surface area (Å²) in [7, 11) is 0. The molecule has 0 bridgehead atoms. The fourth-order valence-electron chi connectivity index (χ4n) is 4.45. The van der Waals surface area contributed by atoms with Crippen molar-refractivity contribution in [3.63, 3.8) is 0 Å². The molecule has 5 rings (SSSR count). The molecule has 0 N–H and O–H groups in total. The van der Waals surface area contributed by atoms with Gasteiger partial charge < -0.3 is 4.42 Å². The van der Waals surface area contributed by atoms with Crippen LogP contribution in [0.25, 0.3) is 22.6 Å². The number of furan rings is 1. The monoisotopic (exact) mass is 419 g/mol. The summed E-state index contributed by atoms with van der Waals surface area (Å²) in [5.74, 6) is 1.99. The number of ketones is 1. The maximum Gasteiger partial charge on any atom is 0.187 e. The van der Waals surface area contributed by atoms with E-state index in [9.17, 15) is 4.79 Å². The molecule has 0 atom stereocenters. The van der Waals surface area contributed by atoms with Crippen molar-refractivity contribution in [1.29, 1.82) is 0 Å². The Bertz CT molecular complexity index is 1090. The second-order valence-corrected chi connectivity index (χ2v) is 8.79. The number of hydrogen-bond acceptors (Lipinski definition) is 6. The van der Waals surface area contributed by atoms with Gasteiger partial charge in [-0.05, 0) is 61.9 Å². The summed E-state index contributed by atoms with van der Waals surface area (Å²) in [6.07, 6.45) is 9.01. The Balaban J connectivity index is 1.56. The number of hydrogen-bond donors (Lipinski definition) is 0. The Morgan fingerprint density at radius 1 is 1.07 bits per heavy atom. The Kier molecular flexibility index (Phi) is 5.44. The molecule has 0 spiro atoms. The maximum absolute atomic E-state index is 12.1. The van der Waals surface area contributed by atoms with Crippen LogP contribution in [0.15, 0.2) is 46.1 Å². The topological polar surface area (TPSA) is 59.2 Å². The molecule has 0 saturated carbocycles. The third-order valence-electron chi connectivity index (χ3n) is 6.00. The second kappa shape index (κ2) is 8.36. The zero-order valence-corrected chi connectivity index (χ0v) is 18.0. The third kappa shape index (κ3) is 3.82. The number of fused-ring (bicyclic) bond motifs is 1. The highest BCUT2D eigenvalue weighted by molar-refractivity contribution is 7.98. The quantitative estimate of drug-likeness (QED) is 0.416. The van der Waals surface area contributed by atoms with Crippen LogP contribution in [0.5, 0.6) is 0 Å². The van der Waals surface area contributed by atoms with Crippen molar-refractivity contribution in [3.05, 3.63) is 53.4 Å². The minimum absolute atomic E-state index is 0.246. The number of carbonyl (C=O) groups is 1. The van der Waals surface area contributed by atoms with Gasteiger partial charge in [0.25, 0.3) is 0 Å². The predicted octanol–water partition coefficient (Wildman–Crippen LogP) is 5.24. The van der Waals surface area contributed by atoms with Gasteiger partial charge in [-0.25, -0.2) is 9.97 Å². The molecule has 0 radical (unpaired) electrons. The zero-order chi connectivity index (χ0) is 20.5. The molecule has 5 nitrogen and oxygen atoms in total. The van der Waals surface area contributed by atoms with Gasteiger partial charge >= 0.3 is 0 Å². The van der Waals surface area contributed by atoms with E-state index in [-0.39, 0.29) is 5.78 Å². The first-order chi connectivity index (χ1) is 14.7. The lowest BCUT2D eigenvalue weighted by atomic mass is 9.99. The highest BCUT2D eigenvalue weighted by Gasteiger charge is 2.23. The van der Waals surface area contributed by atoms with Crippen LogP contribution in [0, 0.1) is 0 Å². The summed E-state index contributed by atoms with van der Waals surface area (Å²) in [6.45, 7) is 3.06. The average molecular weight is 420 g/mol.